The maximum Gasteiger partial charge on any atom is 0.255 e. The highest BCUT2D eigenvalue weighted by Crippen LogP contribution is 2.29. The minimum absolute atomic E-state index is 0.0217. The van der Waals surface area contributed by atoms with Gasteiger partial charge >= 0.3 is 0 Å². The summed E-state index contributed by atoms with van der Waals surface area (Å²) in [5.74, 6) is -0.309. The molecule has 0 bridgehead atoms. The molecule has 3 rings (SSSR count). The number of hydroxylamine groups is 1. The number of benzene rings is 2. The van der Waals surface area contributed by atoms with Crippen LogP contribution in [0, 0.1) is 0 Å². The molecule has 0 spiro atoms. The van der Waals surface area contributed by atoms with Crippen molar-refractivity contribution in [2.45, 2.75) is 6.42 Å². The lowest BCUT2D eigenvalue weighted by Gasteiger charge is -2.10. The smallest absolute Gasteiger partial charge is 0.255 e. The van der Waals surface area contributed by atoms with E-state index in [1.807, 2.05) is 18.2 Å². The number of nitrogens with zero attached hydrogens (tertiary/aromatic N) is 1. The number of amides is 2. The second-order valence-electron chi connectivity index (χ2n) is 6.02. The van der Waals surface area contributed by atoms with Crippen LogP contribution < -0.4 is 15.5 Å². The van der Waals surface area contributed by atoms with Crippen LogP contribution in [-0.4, -0.2) is 28.6 Å². The third-order valence-electron chi connectivity index (χ3n) is 4.00. The molecule has 0 aliphatic carbocycles. The Bertz CT molecular complexity index is 995. The molecule has 29 heavy (non-hydrogen) atoms. The molecule has 1 aromatic heterocycles. The largest absolute Gasteiger partial charge is 0.493 e. The Balaban J connectivity index is 1.65. The van der Waals surface area contributed by atoms with E-state index < -0.39 is 5.91 Å². The quantitative estimate of drug-likeness (QED) is 0.404. The molecule has 0 aliphatic heterocycles. The molecule has 3 aromatic rings. The summed E-state index contributed by atoms with van der Waals surface area (Å²) in [4.78, 5) is 27.8. The normalized spacial score (nSPS) is 10.3. The van der Waals surface area contributed by atoms with Gasteiger partial charge in [0.25, 0.3) is 5.91 Å². The Labute approximate surface area is 172 Å². The van der Waals surface area contributed by atoms with Gasteiger partial charge in [-0.3, -0.25) is 19.8 Å². The molecule has 0 saturated carbocycles. The van der Waals surface area contributed by atoms with Gasteiger partial charge in [0, 0.05) is 23.0 Å². The molecule has 0 aliphatic rings. The van der Waals surface area contributed by atoms with Gasteiger partial charge in [-0.25, -0.2) is 5.48 Å². The average Bonchev–Trinajstić information content (AvgIpc) is 2.76. The minimum atomic E-state index is -0.533. The number of halogens is 1. The van der Waals surface area contributed by atoms with Crippen LogP contribution in [0.3, 0.4) is 0 Å². The fourth-order valence-electron chi connectivity index (χ4n) is 2.54. The zero-order valence-electron chi connectivity index (χ0n) is 15.3. The second kappa shape index (κ2) is 9.68. The molecule has 3 N–H and O–H groups in total. The molecular formula is C21H18ClN3O4. The number of anilines is 1. The lowest BCUT2D eigenvalue weighted by atomic mass is 10.1. The van der Waals surface area contributed by atoms with Crippen LogP contribution in [0.4, 0.5) is 5.69 Å². The summed E-state index contributed by atoms with van der Waals surface area (Å²) in [6, 6.07) is 17.2. The molecular weight excluding hydrogens is 394 g/mol. The zero-order valence-corrected chi connectivity index (χ0v) is 16.0. The fraction of sp³-hybridized carbons (Fsp3) is 0.0952. The summed E-state index contributed by atoms with van der Waals surface area (Å²) in [6.07, 6.45) is 1.70. The minimum Gasteiger partial charge on any atom is -0.493 e. The van der Waals surface area contributed by atoms with Crippen molar-refractivity contribution in [1.82, 2.24) is 10.5 Å². The number of hydrogen-bond acceptors (Lipinski definition) is 5. The molecule has 0 unspecified atom stereocenters. The summed E-state index contributed by atoms with van der Waals surface area (Å²) in [5, 5.41) is 11.8. The maximum absolute atomic E-state index is 12.5. The topological polar surface area (TPSA) is 101 Å². The lowest BCUT2D eigenvalue weighted by molar-refractivity contribution is -0.129. The van der Waals surface area contributed by atoms with Gasteiger partial charge < -0.3 is 10.1 Å². The summed E-state index contributed by atoms with van der Waals surface area (Å²) in [5.41, 5.74) is 4.01. The number of carbonyl (C=O) groups is 2. The summed E-state index contributed by atoms with van der Waals surface area (Å²) in [6.45, 7) is 0.110. The van der Waals surface area contributed by atoms with Crippen LogP contribution in [0.1, 0.15) is 16.8 Å². The SMILES string of the molecule is O=C(CCOc1ccc(C(=O)Nc2ccc(Cl)c(-c3ccccn3)c2)cc1)NO. The number of nitrogens with one attached hydrogen (secondary N) is 2. The first-order chi connectivity index (χ1) is 14.1. The van der Waals surface area contributed by atoms with Crippen LogP contribution in [0.25, 0.3) is 11.3 Å². The van der Waals surface area contributed by atoms with Gasteiger partial charge in [-0.1, -0.05) is 17.7 Å². The van der Waals surface area contributed by atoms with E-state index in [1.54, 1.807) is 48.7 Å². The molecule has 7 nitrogen and oxygen atoms in total. The molecule has 0 fully saturated rings. The second-order valence-corrected chi connectivity index (χ2v) is 6.43. The van der Waals surface area contributed by atoms with E-state index in [4.69, 9.17) is 21.5 Å². The summed E-state index contributed by atoms with van der Waals surface area (Å²) in [7, 11) is 0. The van der Waals surface area contributed by atoms with Crippen LogP contribution in [-0.2, 0) is 4.79 Å². The number of rotatable bonds is 7. The first-order valence-electron chi connectivity index (χ1n) is 8.75. The fourth-order valence-corrected chi connectivity index (χ4v) is 2.76. The Hall–Kier alpha value is -3.42. The van der Waals surface area contributed by atoms with Crippen LogP contribution in [0.5, 0.6) is 5.75 Å². The van der Waals surface area contributed by atoms with Crippen molar-refractivity contribution in [1.29, 1.82) is 0 Å². The molecule has 0 saturated heterocycles. The van der Waals surface area contributed by atoms with Crippen LogP contribution >= 0.6 is 11.6 Å². The monoisotopic (exact) mass is 411 g/mol. The Morgan fingerprint density at radius 3 is 2.55 bits per heavy atom. The zero-order chi connectivity index (χ0) is 20.6. The summed E-state index contributed by atoms with van der Waals surface area (Å²) < 4.78 is 5.38. The molecule has 2 amide bonds. The van der Waals surface area contributed by atoms with E-state index in [-0.39, 0.29) is 18.9 Å². The van der Waals surface area contributed by atoms with Gasteiger partial charge in [0.2, 0.25) is 5.91 Å². The molecule has 148 valence electrons. The van der Waals surface area contributed by atoms with Gasteiger partial charge in [0.05, 0.1) is 23.7 Å². The standard InChI is InChI=1S/C21H18ClN3O4/c22-18-9-6-15(13-17(18)19-3-1-2-11-23-19)24-21(27)14-4-7-16(8-5-14)29-12-10-20(26)25-28/h1-9,11,13,28H,10,12H2,(H,24,27)(H,25,26). The molecule has 0 atom stereocenters. The van der Waals surface area contributed by atoms with E-state index in [0.717, 1.165) is 5.56 Å². The predicted octanol–water partition coefficient (Wildman–Crippen LogP) is 3.93. The molecule has 1 heterocycles. The van der Waals surface area contributed by atoms with E-state index in [9.17, 15) is 9.59 Å². The van der Waals surface area contributed by atoms with Crippen molar-refractivity contribution in [3.05, 3.63) is 77.4 Å². The number of pyridine rings is 1. The first-order valence-corrected chi connectivity index (χ1v) is 9.13. The maximum atomic E-state index is 12.5. The first kappa shape index (κ1) is 20.3. The number of aromatic nitrogens is 1. The third kappa shape index (κ3) is 5.54. The van der Waals surface area contributed by atoms with Crippen molar-refractivity contribution in [3.63, 3.8) is 0 Å². The van der Waals surface area contributed by atoms with Gasteiger partial charge in [0.15, 0.2) is 0 Å². The number of ether oxygens (including phenoxy) is 1. The van der Waals surface area contributed by atoms with Crippen molar-refractivity contribution in [2.24, 2.45) is 0 Å². The van der Waals surface area contributed by atoms with E-state index >= 15 is 0 Å². The van der Waals surface area contributed by atoms with Gasteiger partial charge in [-0.15, -0.1) is 0 Å². The highest BCUT2D eigenvalue weighted by Gasteiger charge is 2.10. The third-order valence-corrected chi connectivity index (χ3v) is 4.33. The highest BCUT2D eigenvalue weighted by atomic mass is 35.5. The van der Waals surface area contributed by atoms with E-state index in [2.05, 4.69) is 10.3 Å². The highest BCUT2D eigenvalue weighted by molar-refractivity contribution is 6.33. The molecule has 8 heteroatoms. The predicted molar refractivity (Wildman–Crippen MR) is 109 cm³/mol. The van der Waals surface area contributed by atoms with E-state index in [0.29, 0.717) is 27.7 Å². The number of hydrogen-bond donors (Lipinski definition) is 3. The van der Waals surface area contributed by atoms with Crippen molar-refractivity contribution in [2.75, 3.05) is 11.9 Å². The van der Waals surface area contributed by atoms with Crippen molar-refractivity contribution >= 4 is 29.1 Å². The van der Waals surface area contributed by atoms with Gasteiger partial charge in [-0.05, 0) is 54.6 Å². The van der Waals surface area contributed by atoms with E-state index in [1.165, 1.54) is 5.48 Å². The average molecular weight is 412 g/mol. The lowest BCUT2D eigenvalue weighted by Crippen LogP contribution is -2.20. The van der Waals surface area contributed by atoms with Crippen molar-refractivity contribution in [3.8, 4) is 17.0 Å². The van der Waals surface area contributed by atoms with Crippen LogP contribution in [0.2, 0.25) is 5.02 Å². The molecule has 0 radical (unpaired) electrons. The van der Waals surface area contributed by atoms with Gasteiger partial charge in [0.1, 0.15) is 5.75 Å². The Kier molecular flexibility index (Phi) is 6.78. The summed E-state index contributed by atoms with van der Waals surface area (Å²) >= 11 is 6.27. The van der Waals surface area contributed by atoms with Crippen LogP contribution in [0.15, 0.2) is 66.9 Å². The number of carbonyl (C=O) groups excluding carboxylic acids is 2. The Morgan fingerprint density at radius 1 is 1.07 bits per heavy atom. The Morgan fingerprint density at radius 2 is 1.86 bits per heavy atom. The van der Waals surface area contributed by atoms with Crippen molar-refractivity contribution < 1.29 is 19.5 Å². The molecule has 2 aromatic carbocycles. The van der Waals surface area contributed by atoms with Gasteiger partial charge in [-0.2, -0.15) is 0 Å².